The molecule has 2 rings (SSSR count). The highest BCUT2D eigenvalue weighted by atomic mass is 16.5. The molecule has 2 aromatic rings. The lowest BCUT2D eigenvalue weighted by molar-refractivity contribution is 0.0696. The van der Waals surface area contributed by atoms with Gasteiger partial charge in [-0.15, -0.1) is 0 Å². The largest absolute Gasteiger partial charge is 0.493 e. The molecule has 0 amide bonds. The second-order valence-electron chi connectivity index (χ2n) is 3.97. The van der Waals surface area contributed by atoms with Crippen molar-refractivity contribution in [2.75, 3.05) is 14.2 Å². The van der Waals surface area contributed by atoms with Crippen LogP contribution in [0.5, 0.6) is 11.5 Å². The number of rotatable bonds is 4. The van der Waals surface area contributed by atoms with Crippen LogP contribution in [0, 0.1) is 0 Å². The highest BCUT2D eigenvalue weighted by molar-refractivity contribution is 5.91. The summed E-state index contributed by atoms with van der Waals surface area (Å²) in [5.74, 6) is -0.159. The van der Waals surface area contributed by atoms with Gasteiger partial charge in [-0.2, -0.15) is 5.10 Å². The van der Waals surface area contributed by atoms with Gasteiger partial charge in [0.05, 0.1) is 26.0 Å². The van der Waals surface area contributed by atoms with Crippen molar-refractivity contribution in [2.45, 2.75) is 0 Å². The highest BCUT2D eigenvalue weighted by Gasteiger charge is 2.17. The molecule has 0 bridgehead atoms. The van der Waals surface area contributed by atoms with Gasteiger partial charge in [-0.05, 0) is 12.1 Å². The van der Waals surface area contributed by atoms with Gasteiger partial charge >= 0.3 is 5.97 Å². The molecule has 6 nitrogen and oxygen atoms in total. The highest BCUT2D eigenvalue weighted by Crippen LogP contribution is 2.39. The Labute approximate surface area is 110 Å². The number of methoxy groups -OCH3 is 2. The van der Waals surface area contributed by atoms with Crippen LogP contribution < -0.4 is 9.47 Å². The van der Waals surface area contributed by atoms with E-state index in [4.69, 9.17) is 14.6 Å². The molecular weight excluding hydrogens is 248 g/mol. The Morgan fingerprint density at radius 3 is 2.53 bits per heavy atom. The van der Waals surface area contributed by atoms with Gasteiger partial charge in [0, 0.05) is 24.4 Å². The molecule has 0 aliphatic rings. The van der Waals surface area contributed by atoms with Crippen molar-refractivity contribution < 1.29 is 19.4 Å². The maximum absolute atomic E-state index is 11.1. The summed E-state index contributed by atoms with van der Waals surface area (Å²) in [4.78, 5) is 11.1. The number of aryl methyl sites for hydroxylation is 1. The Kier molecular flexibility index (Phi) is 3.41. The van der Waals surface area contributed by atoms with Crippen LogP contribution in [0.4, 0.5) is 0 Å². The number of aromatic carboxylic acids is 1. The molecule has 19 heavy (non-hydrogen) atoms. The summed E-state index contributed by atoms with van der Waals surface area (Å²) in [5, 5.41) is 13.2. The second-order valence-corrected chi connectivity index (χ2v) is 3.97. The van der Waals surface area contributed by atoms with Crippen molar-refractivity contribution in [1.29, 1.82) is 0 Å². The Morgan fingerprint density at radius 1 is 1.32 bits per heavy atom. The van der Waals surface area contributed by atoms with Crippen LogP contribution in [-0.4, -0.2) is 35.1 Å². The van der Waals surface area contributed by atoms with Crippen molar-refractivity contribution in [3.8, 4) is 22.6 Å². The molecule has 0 atom stereocenters. The predicted molar refractivity (Wildman–Crippen MR) is 68.7 cm³/mol. The minimum absolute atomic E-state index is 0.136. The molecule has 0 fully saturated rings. The third-order valence-corrected chi connectivity index (χ3v) is 2.74. The van der Waals surface area contributed by atoms with Gasteiger partial charge in [0.15, 0.2) is 11.5 Å². The van der Waals surface area contributed by atoms with Gasteiger partial charge in [0.25, 0.3) is 0 Å². The lowest BCUT2D eigenvalue weighted by Gasteiger charge is -2.13. The van der Waals surface area contributed by atoms with Gasteiger partial charge in [-0.1, -0.05) is 0 Å². The third kappa shape index (κ3) is 2.37. The first-order valence-electron chi connectivity index (χ1n) is 5.55. The topological polar surface area (TPSA) is 73.6 Å². The molecule has 0 saturated carbocycles. The monoisotopic (exact) mass is 262 g/mol. The molecule has 0 unspecified atom stereocenters. The summed E-state index contributed by atoms with van der Waals surface area (Å²) < 4.78 is 12.1. The van der Waals surface area contributed by atoms with E-state index in [-0.39, 0.29) is 5.56 Å². The van der Waals surface area contributed by atoms with Crippen LogP contribution in [0.3, 0.4) is 0 Å². The average molecular weight is 262 g/mol. The maximum atomic E-state index is 11.1. The van der Waals surface area contributed by atoms with Gasteiger partial charge in [0.1, 0.15) is 0 Å². The Bertz CT molecular complexity index is 619. The van der Waals surface area contributed by atoms with E-state index in [0.29, 0.717) is 17.1 Å². The number of aromatic nitrogens is 2. The Hall–Kier alpha value is -2.50. The first-order chi connectivity index (χ1) is 9.06. The zero-order chi connectivity index (χ0) is 14.0. The summed E-state index contributed by atoms with van der Waals surface area (Å²) >= 11 is 0. The summed E-state index contributed by atoms with van der Waals surface area (Å²) in [5.41, 5.74) is 1.53. The second kappa shape index (κ2) is 5.01. The smallest absolute Gasteiger partial charge is 0.335 e. The van der Waals surface area contributed by atoms with Crippen LogP contribution in [0.2, 0.25) is 0 Å². The van der Waals surface area contributed by atoms with Crippen molar-refractivity contribution in [3.63, 3.8) is 0 Å². The Morgan fingerprint density at radius 2 is 2.05 bits per heavy atom. The van der Waals surface area contributed by atoms with E-state index in [1.807, 2.05) is 0 Å². The predicted octanol–water partition coefficient (Wildman–Crippen LogP) is 1.80. The maximum Gasteiger partial charge on any atom is 0.335 e. The zero-order valence-corrected chi connectivity index (χ0v) is 10.9. The first kappa shape index (κ1) is 12.9. The van der Waals surface area contributed by atoms with E-state index >= 15 is 0 Å². The fourth-order valence-electron chi connectivity index (χ4n) is 1.86. The van der Waals surface area contributed by atoms with Crippen LogP contribution in [0.25, 0.3) is 11.1 Å². The van der Waals surface area contributed by atoms with Crippen LogP contribution in [0.15, 0.2) is 24.5 Å². The van der Waals surface area contributed by atoms with Crippen LogP contribution in [-0.2, 0) is 7.05 Å². The Balaban J connectivity index is 2.69. The zero-order valence-electron chi connectivity index (χ0n) is 10.9. The van der Waals surface area contributed by atoms with E-state index in [0.717, 1.165) is 5.56 Å². The summed E-state index contributed by atoms with van der Waals surface area (Å²) in [6.07, 6.45) is 3.42. The van der Waals surface area contributed by atoms with E-state index < -0.39 is 5.97 Å². The van der Waals surface area contributed by atoms with Gasteiger partial charge < -0.3 is 14.6 Å². The van der Waals surface area contributed by atoms with Crippen molar-refractivity contribution in [3.05, 3.63) is 30.1 Å². The van der Waals surface area contributed by atoms with E-state index in [2.05, 4.69) is 5.10 Å². The van der Waals surface area contributed by atoms with Crippen LogP contribution >= 0.6 is 0 Å². The summed E-state index contributed by atoms with van der Waals surface area (Å²) in [6, 6.07) is 2.97. The molecule has 0 radical (unpaired) electrons. The molecule has 6 heteroatoms. The van der Waals surface area contributed by atoms with Crippen molar-refractivity contribution in [1.82, 2.24) is 9.78 Å². The molecule has 0 spiro atoms. The fourth-order valence-corrected chi connectivity index (χ4v) is 1.86. The first-order valence-corrected chi connectivity index (χ1v) is 5.55. The van der Waals surface area contributed by atoms with Crippen LogP contribution in [0.1, 0.15) is 10.4 Å². The molecule has 1 N–H and O–H groups in total. The van der Waals surface area contributed by atoms with Gasteiger partial charge in [-0.25, -0.2) is 4.79 Å². The fraction of sp³-hybridized carbons (Fsp3) is 0.231. The number of ether oxygens (including phenoxy) is 2. The molecule has 1 aromatic heterocycles. The van der Waals surface area contributed by atoms with E-state index in [9.17, 15) is 4.79 Å². The SMILES string of the molecule is COc1cc(C(=O)O)cc(-c2cnn(C)c2)c1OC. The quantitative estimate of drug-likeness (QED) is 0.909. The van der Waals surface area contributed by atoms with Gasteiger partial charge in [0.2, 0.25) is 0 Å². The number of benzene rings is 1. The van der Waals surface area contributed by atoms with Crippen molar-refractivity contribution >= 4 is 5.97 Å². The lowest BCUT2D eigenvalue weighted by Crippen LogP contribution is -2.00. The molecule has 100 valence electrons. The number of nitrogens with zero attached hydrogens (tertiary/aromatic N) is 2. The molecule has 1 aromatic carbocycles. The minimum atomic E-state index is -1.02. The molecule has 0 aliphatic heterocycles. The number of hydrogen-bond acceptors (Lipinski definition) is 4. The lowest BCUT2D eigenvalue weighted by atomic mass is 10.0. The third-order valence-electron chi connectivity index (χ3n) is 2.74. The van der Waals surface area contributed by atoms with E-state index in [1.165, 1.54) is 20.3 Å². The number of carboxylic acid groups (broad SMARTS) is 1. The molecule has 1 heterocycles. The minimum Gasteiger partial charge on any atom is -0.493 e. The van der Waals surface area contributed by atoms with Crippen molar-refractivity contribution in [2.24, 2.45) is 7.05 Å². The molecule has 0 saturated heterocycles. The van der Waals surface area contributed by atoms with Gasteiger partial charge in [-0.3, -0.25) is 4.68 Å². The molecular formula is C13H14N2O4. The summed E-state index contributed by atoms with van der Waals surface area (Å²) in [6.45, 7) is 0. The molecule has 0 aliphatic carbocycles. The van der Waals surface area contributed by atoms with E-state index in [1.54, 1.807) is 30.2 Å². The number of hydrogen-bond donors (Lipinski definition) is 1. The normalized spacial score (nSPS) is 10.3. The average Bonchev–Trinajstić information content (AvgIpc) is 2.83. The number of carbonyl (C=O) groups is 1. The summed E-state index contributed by atoms with van der Waals surface area (Å²) in [7, 11) is 4.77. The standard InChI is InChI=1S/C13H14N2O4/c1-15-7-9(6-14-15)10-4-8(13(16)17)5-11(18-2)12(10)19-3/h4-7H,1-3H3,(H,16,17). The number of carboxylic acids is 1.